The van der Waals surface area contributed by atoms with E-state index < -0.39 is 0 Å². The fraction of sp³-hybridized carbons (Fsp3) is 0.276. The van der Waals surface area contributed by atoms with Crippen LogP contribution in [0.4, 0.5) is 11.6 Å². The molecule has 0 amide bonds. The van der Waals surface area contributed by atoms with Crippen LogP contribution in [0.1, 0.15) is 32.0 Å². The fourth-order valence-electron chi connectivity index (χ4n) is 4.06. The van der Waals surface area contributed by atoms with Crippen LogP contribution in [-0.2, 0) is 17.8 Å². The number of pyridine rings is 1. The van der Waals surface area contributed by atoms with Crippen LogP contribution in [0.3, 0.4) is 0 Å². The third-order valence-electron chi connectivity index (χ3n) is 5.67. The van der Waals surface area contributed by atoms with Crippen molar-refractivity contribution in [2.45, 2.75) is 40.8 Å². The molecule has 4 rings (SSSR count). The molecule has 0 saturated heterocycles. The molecular weight excluding hydrogens is 448 g/mol. The molecule has 0 fully saturated rings. The first-order valence-electron chi connectivity index (χ1n) is 12.2. The molecule has 2 N–H and O–H groups in total. The van der Waals surface area contributed by atoms with E-state index in [9.17, 15) is 0 Å². The molecule has 4 aromatic rings. The second kappa shape index (κ2) is 12.5. The molecular formula is C29H36N6O. The first kappa shape index (κ1) is 26.5. The van der Waals surface area contributed by atoms with Crippen molar-refractivity contribution in [2.24, 2.45) is 0 Å². The smallest absolute Gasteiger partial charge is 0.160 e. The Hall–Kier alpha value is -4.13. The summed E-state index contributed by atoms with van der Waals surface area (Å²) in [6.07, 6.45) is 11.7. The molecule has 0 aliphatic heterocycles. The number of aromatic nitrogens is 4. The van der Waals surface area contributed by atoms with Gasteiger partial charge in [-0.1, -0.05) is 50.3 Å². The van der Waals surface area contributed by atoms with Crippen molar-refractivity contribution in [3.63, 3.8) is 0 Å². The summed E-state index contributed by atoms with van der Waals surface area (Å²) in [4.78, 5) is 4.23. The number of hydrogen-bond donors (Lipinski definition) is 2. The van der Waals surface area contributed by atoms with E-state index in [0.29, 0.717) is 13.1 Å². The highest BCUT2D eigenvalue weighted by Gasteiger charge is 2.16. The maximum atomic E-state index is 5.41. The lowest BCUT2D eigenvalue weighted by atomic mass is 10.1. The largest absolute Gasteiger partial charge is 0.497 e. The zero-order chi connectivity index (χ0) is 26.1. The summed E-state index contributed by atoms with van der Waals surface area (Å²) in [6, 6.07) is 8.29. The van der Waals surface area contributed by atoms with Gasteiger partial charge < -0.3 is 19.9 Å². The predicted octanol–water partition coefficient (Wildman–Crippen LogP) is 6.63. The van der Waals surface area contributed by atoms with Crippen molar-refractivity contribution in [3.8, 4) is 0 Å². The highest BCUT2D eigenvalue weighted by Crippen LogP contribution is 2.33. The van der Waals surface area contributed by atoms with Gasteiger partial charge in [0.25, 0.3) is 0 Å². The van der Waals surface area contributed by atoms with E-state index >= 15 is 0 Å². The average Bonchev–Trinajstić information content (AvgIpc) is 3.28. The third kappa shape index (κ3) is 5.92. The summed E-state index contributed by atoms with van der Waals surface area (Å²) in [5, 5.41) is 20.1. The summed E-state index contributed by atoms with van der Waals surface area (Å²) >= 11 is 0. The molecule has 0 unspecified atom stereocenters. The lowest BCUT2D eigenvalue weighted by molar-refractivity contribution is 0.306. The molecule has 0 aliphatic carbocycles. The number of nitrogens with zero attached hydrogens (tertiary/aromatic N) is 4. The van der Waals surface area contributed by atoms with Crippen molar-refractivity contribution in [3.05, 3.63) is 90.3 Å². The Morgan fingerprint density at radius 3 is 2.69 bits per heavy atom. The van der Waals surface area contributed by atoms with Crippen molar-refractivity contribution in [1.82, 2.24) is 19.7 Å². The van der Waals surface area contributed by atoms with Crippen molar-refractivity contribution < 1.29 is 4.74 Å². The Balaban J connectivity index is 0.00000176. The van der Waals surface area contributed by atoms with Gasteiger partial charge in [0, 0.05) is 49.5 Å². The van der Waals surface area contributed by atoms with E-state index in [1.54, 1.807) is 7.11 Å². The minimum absolute atomic E-state index is 0.630. The fourth-order valence-corrected chi connectivity index (χ4v) is 4.06. The second-order valence-electron chi connectivity index (χ2n) is 8.17. The van der Waals surface area contributed by atoms with Gasteiger partial charge >= 0.3 is 0 Å². The number of benzene rings is 1. The number of fused-ring (bicyclic) bond motifs is 2. The highest BCUT2D eigenvalue weighted by atomic mass is 16.5. The number of rotatable bonds is 9. The zero-order valence-corrected chi connectivity index (χ0v) is 22.1. The minimum atomic E-state index is 0.630. The van der Waals surface area contributed by atoms with Gasteiger partial charge in [-0.05, 0) is 43.0 Å². The number of ether oxygens (including phenoxy) is 1. The van der Waals surface area contributed by atoms with E-state index in [1.807, 2.05) is 65.4 Å². The number of aryl methyl sites for hydroxylation is 1. The lowest BCUT2D eigenvalue weighted by Gasteiger charge is -2.12. The highest BCUT2D eigenvalue weighted by molar-refractivity contribution is 6.02. The van der Waals surface area contributed by atoms with Crippen LogP contribution in [0.25, 0.3) is 21.5 Å². The Kier molecular flexibility index (Phi) is 9.22. The summed E-state index contributed by atoms with van der Waals surface area (Å²) < 4.78 is 7.57. The molecule has 1 aromatic carbocycles. The van der Waals surface area contributed by atoms with E-state index in [4.69, 9.17) is 4.74 Å². The lowest BCUT2D eigenvalue weighted by Crippen LogP contribution is -2.06. The van der Waals surface area contributed by atoms with Gasteiger partial charge in [0.15, 0.2) is 5.82 Å². The summed E-state index contributed by atoms with van der Waals surface area (Å²) in [6.45, 7) is 13.1. The van der Waals surface area contributed by atoms with E-state index in [1.165, 1.54) is 10.9 Å². The minimum Gasteiger partial charge on any atom is -0.497 e. The van der Waals surface area contributed by atoms with Crippen molar-refractivity contribution >= 4 is 33.2 Å². The molecule has 3 heterocycles. The molecule has 7 nitrogen and oxygen atoms in total. The van der Waals surface area contributed by atoms with Gasteiger partial charge in [-0.15, -0.1) is 5.10 Å². The monoisotopic (exact) mass is 484 g/mol. The molecule has 0 bridgehead atoms. The van der Waals surface area contributed by atoms with Crippen LogP contribution < -0.4 is 10.6 Å². The molecule has 0 spiro atoms. The Morgan fingerprint density at radius 2 is 1.97 bits per heavy atom. The second-order valence-corrected chi connectivity index (χ2v) is 8.17. The van der Waals surface area contributed by atoms with Gasteiger partial charge in [-0.2, -0.15) is 5.10 Å². The number of nitrogens with one attached hydrogen (secondary N) is 2. The molecule has 36 heavy (non-hydrogen) atoms. The van der Waals surface area contributed by atoms with Crippen LogP contribution in [-0.4, -0.2) is 33.9 Å². The van der Waals surface area contributed by atoms with Crippen LogP contribution in [0.2, 0.25) is 0 Å². The summed E-state index contributed by atoms with van der Waals surface area (Å²) in [5.74, 6) is 2.49. The molecule has 0 saturated carbocycles. The predicted molar refractivity (Wildman–Crippen MR) is 151 cm³/mol. The molecule has 7 heteroatoms. The van der Waals surface area contributed by atoms with Crippen LogP contribution in [0.15, 0.2) is 79.0 Å². The Bertz CT molecular complexity index is 1390. The number of hydrogen-bond acceptors (Lipinski definition) is 6. The molecule has 188 valence electrons. The van der Waals surface area contributed by atoms with Crippen molar-refractivity contribution in [1.29, 1.82) is 0 Å². The van der Waals surface area contributed by atoms with Gasteiger partial charge in [-0.3, -0.25) is 4.98 Å². The summed E-state index contributed by atoms with van der Waals surface area (Å²) in [5.41, 5.74) is 3.01. The van der Waals surface area contributed by atoms with Gasteiger partial charge in [0.2, 0.25) is 0 Å². The number of allylic oxidation sites excluding steroid dienone is 4. The SMILES string of the molecule is C=C(C)/C=C(\C=C/Cn1cc2c(C)nnc(NCc3cccc4cnccc34)c2c1NC)OC.CC. The molecule has 0 atom stereocenters. The summed E-state index contributed by atoms with van der Waals surface area (Å²) in [7, 11) is 3.58. The molecule has 0 radical (unpaired) electrons. The van der Waals surface area contributed by atoms with Crippen molar-refractivity contribution in [2.75, 3.05) is 24.8 Å². The van der Waals surface area contributed by atoms with E-state index in [-0.39, 0.29) is 0 Å². The maximum Gasteiger partial charge on any atom is 0.160 e. The standard InChI is InChI=1S/C27H30N6O.C2H6/c1-18(2)14-22(34-5)10-7-13-33-17-24-19(3)31-32-26(25(24)27(33)28-4)30-16-21-9-6-8-20-15-29-12-11-23(20)21;1-2/h6-12,14-15,17,28H,1,13,16H2,2-5H3,(H,30,32);1-2H3/b10-7-,22-14+;. The molecule has 3 aromatic heterocycles. The van der Waals surface area contributed by atoms with Crippen LogP contribution in [0, 0.1) is 6.92 Å². The first-order valence-corrected chi connectivity index (χ1v) is 12.2. The van der Waals surface area contributed by atoms with E-state index in [0.717, 1.165) is 44.8 Å². The van der Waals surface area contributed by atoms with Crippen LogP contribution >= 0.6 is 0 Å². The third-order valence-corrected chi connectivity index (χ3v) is 5.67. The average molecular weight is 485 g/mol. The Morgan fingerprint density at radius 1 is 1.17 bits per heavy atom. The van der Waals surface area contributed by atoms with E-state index in [2.05, 4.69) is 67.4 Å². The molecule has 0 aliphatic rings. The quantitative estimate of drug-likeness (QED) is 0.205. The zero-order valence-electron chi connectivity index (χ0n) is 22.1. The van der Waals surface area contributed by atoms with Gasteiger partial charge in [-0.25, -0.2) is 0 Å². The van der Waals surface area contributed by atoms with Crippen LogP contribution in [0.5, 0.6) is 0 Å². The normalized spacial score (nSPS) is 11.4. The number of methoxy groups -OCH3 is 1. The van der Waals surface area contributed by atoms with Gasteiger partial charge in [0.1, 0.15) is 11.6 Å². The first-order chi connectivity index (χ1) is 17.5. The number of anilines is 2. The van der Waals surface area contributed by atoms with Gasteiger partial charge in [0.05, 0.1) is 18.2 Å². The maximum absolute atomic E-state index is 5.41. The topological polar surface area (TPSA) is 76.9 Å². The Labute approximate surface area is 213 Å².